The van der Waals surface area contributed by atoms with Gasteiger partial charge in [0.05, 0.1) is 28.9 Å². The van der Waals surface area contributed by atoms with Crippen LogP contribution in [-0.2, 0) is 6.18 Å². The van der Waals surface area contributed by atoms with Crippen molar-refractivity contribution in [1.29, 1.82) is 5.26 Å². The summed E-state index contributed by atoms with van der Waals surface area (Å²) >= 11 is 0. The van der Waals surface area contributed by atoms with E-state index in [1.807, 2.05) is 6.92 Å². The molecule has 0 amide bonds. The molecular weight excluding hydrogens is 347 g/mol. The number of alkyl halides is 3. The summed E-state index contributed by atoms with van der Waals surface area (Å²) in [4.78, 5) is 7.70. The number of halogens is 3. The summed E-state index contributed by atoms with van der Waals surface area (Å²) in [6.45, 7) is 5.61. The van der Waals surface area contributed by atoms with Gasteiger partial charge in [-0.15, -0.1) is 0 Å². The molecule has 0 unspecified atom stereocenters. The first-order valence-corrected chi connectivity index (χ1v) is 8.10. The summed E-state index contributed by atoms with van der Waals surface area (Å²) in [5, 5.41) is 19.0. The quantitative estimate of drug-likeness (QED) is 0.840. The highest BCUT2D eigenvalue weighted by Crippen LogP contribution is 2.55. The van der Waals surface area contributed by atoms with E-state index < -0.39 is 17.2 Å². The number of nitriles is 1. The maximum atomic E-state index is 13.0. The zero-order valence-electron chi connectivity index (χ0n) is 14.5. The Morgan fingerprint density at radius 1 is 1.46 bits per heavy atom. The van der Waals surface area contributed by atoms with E-state index in [9.17, 15) is 13.2 Å². The Hall–Kier alpha value is -2.83. The predicted molar refractivity (Wildman–Crippen MR) is 88.8 cm³/mol. The zero-order chi connectivity index (χ0) is 19.1. The number of aryl methyl sites for hydroxylation is 1. The molecule has 0 radical (unpaired) electrons. The molecule has 1 fully saturated rings. The van der Waals surface area contributed by atoms with E-state index in [0.29, 0.717) is 24.3 Å². The molecule has 0 saturated heterocycles. The van der Waals surface area contributed by atoms with Crippen LogP contribution in [0.25, 0.3) is 0 Å². The molecule has 2 aromatic heterocycles. The van der Waals surface area contributed by atoms with Crippen LogP contribution in [0, 0.1) is 23.7 Å². The molecule has 138 valence electrons. The summed E-state index contributed by atoms with van der Waals surface area (Å²) in [6.07, 6.45) is -1.35. The molecule has 0 spiro atoms. The van der Waals surface area contributed by atoms with Crippen molar-refractivity contribution in [3.05, 3.63) is 23.7 Å². The number of hydrogen-bond acceptors (Lipinski definition) is 6. The minimum atomic E-state index is -4.54. The number of nitrogens with one attached hydrogen (secondary N) is 2. The van der Waals surface area contributed by atoms with Crippen molar-refractivity contribution in [2.45, 2.75) is 39.4 Å². The minimum absolute atomic E-state index is 0.00686. The highest BCUT2D eigenvalue weighted by atomic mass is 19.4. The third kappa shape index (κ3) is 3.29. The molecule has 2 atom stereocenters. The smallest absolute Gasteiger partial charge is 0.370 e. The monoisotopic (exact) mass is 365 g/mol. The average Bonchev–Trinajstić information content (AvgIpc) is 3.12. The second-order valence-electron chi connectivity index (χ2n) is 6.47. The van der Waals surface area contributed by atoms with Gasteiger partial charge < -0.3 is 10.6 Å². The van der Waals surface area contributed by atoms with Crippen molar-refractivity contribution in [2.75, 3.05) is 17.2 Å². The number of anilines is 3. The molecule has 1 aliphatic carbocycles. The van der Waals surface area contributed by atoms with Crippen LogP contribution in [0.4, 0.5) is 30.6 Å². The van der Waals surface area contributed by atoms with Gasteiger partial charge in [0.25, 0.3) is 0 Å². The fraction of sp³-hybridized carbons (Fsp3) is 0.500. The fourth-order valence-corrected chi connectivity index (χ4v) is 2.68. The number of rotatable bonds is 5. The fourth-order valence-electron chi connectivity index (χ4n) is 2.68. The minimum Gasteiger partial charge on any atom is -0.370 e. The summed E-state index contributed by atoms with van der Waals surface area (Å²) in [5.41, 5.74) is -0.121. The second-order valence-corrected chi connectivity index (χ2v) is 6.47. The van der Waals surface area contributed by atoms with Crippen LogP contribution < -0.4 is 10.6 Å². The van der Waals surface area contributed by atoms with Crippen molar-refractivity contribution < 1.29 is 13.2 Å². The van der Waals surface area contributed by atoms with Gasteiger partial charge in [-0.3, -0.25) is 4.68 Å². The van der Waals surface area contributed by atoms with E-state index >= 15 is 0 Å². The molecule has 2 heterocycles. The van der Waals surface area contributed by atoms with Crippen LogP contribution in [0.1, 0.15) is 37.6 Å². The van der Waals surface area contributed by atoms with E-state index in [1.54, 1.807) is 24.7 Å². The molecule has 26 heavy (non-hydrogen) atoms. The lowest BCUT2D eigenvalue weighted by Crippen LogP contribution is -2.14. The second kappa shape index (κ2) is 6.16. The van der Waals surface area contributed by atoms with Crippen LogP contribution >= 0.6 is 0 Å². The first-order valence-electron chi connectivity index (χ1n) is 8.10. The third-order valence-electron chi connectivity index (χ3n) is 4.37. The first-order chi connectivity index (χ1) is 12.2. The Balaban J connectivity index is 1.85. The van der Waals surface area contributed by atoms with Gasteiger partial charge >= 0.3 is 6.18 Å². The Labute approximate surface area is 148 Å². The van der Waals surface area contributed by atoms with Crippen LogP contribution in [0.5, 0.6) is 0 Å². The summed E-state index contributed by atoms with van der Waals surface area (Å²) in [5.74, 6) is -0.239. The highest BCUT2D eigenvalue weighted by Gasteiger charge is 2.53. The van der Waals surface area contributed by atoms with Gasteiger partial charge in [-0.05, 0) is 27.2 Å². The first kappa shape index (κ1) is 18.0. The summed E-state index contributed by atoms with van der Waals surface area (Å²) in [6, 6.07) is 2.26. The Bertz CT molecular complexity index is 868. The van der Waals surface area contributed by atoms with E-state index in [0.717, 1.165) is 6.20 Å². The van der Waals surface area contributed by atoms with Gasteiger partial charge in [-0.25, -0.2) is 4.98 Å². The molecular formula is C16H18F3N7. The SMILES string of the molecule is CCNc1nc(Nc2cn([C@H]3C[C@@]3(C)C#N)nc2C)ncc1C(F)(F)F. The topological polar surface area (TPSA) is 91.5 Å². The maximum Gasteiger partial charge on any atom is 0.421 e. The molecule has 0 bridgehead atoms. The van der Waals surface area contributed by atoms with Crippen molar-refractivity contribution in [2.24, 2.45) is 5.41 Å². The van der Waals surface area contributed by atoms with Crippen molar-refractivity contribution >= 4 is 17.5 Å². The standard InChI is InChI=1S/C16H18F3N7/c1-4-21-13-10(16(17,18)19)6-22-14(24-13)23-11-7-26(25-9(11)2)12-5-15(12,3)8-20/h6-7,12H,4-5H2,1-3H3,(H2,21,22,23,24)/t12-,15-/m0/s1. The van der Waals surface area contributed by atoms with E-state index in [1.165, 1.54) is 0 Å². The highest BCUT2D eigenvalue weighted by molar-refractivity contribution is 5.58. The lowest BCUT2D eigenvalue weighted by atomic mass is 10.2. The summed E-state index contributed by atoms with van der Waals surface area (Å²) < 4.78 is 40.8. The lowest BCUT2D eigenvalue weighted by Gasteiger charge is -2.13. The molecule has 3 rings (SSSR count). The van der Waals surface area contributed by atoms with E-state index in [2.05, 4.69) is 31.8 Å². The maximum absolute atomic E-state index is 13.0. The lowest BCUT2D eigenvalue weighted by molar-refractivity contribution is -0.137. The van der Waals surface area contributed by atoms with Crippen LogP contribution in [0.2, 0.25) is 0 Å². The van der Waals surface area contributed by atoms with E-state index in [-0.39, 0.29) is 17.8 Å². The van der Waals surface area contributed by atoms with Gasteiger partial charge in [0.15, 0.2) is 0 Å². The van der Waals surface area contributed by atoms with Gasteiger partial charge in [0.2, 0.25) is 5.95 Å². The summed E-state index contributed by atoms with van der Waals surface area (Å²) in [7, 11) is 0. The van der Waals surface area contributed by atoms with Gasteiger partial charge in [-0.1, -0.05) is 0 Å². The molecule has 0 aromatic carbocycles. The third-order valence-corrected chi connectivity index (χ3v) is 4.37. The van der Waals surface area contributed by atoms with Crippen LogP contribution in [0.15, 0.2) is 12.4 Å². The Morgan fingerprint density at radius 2 is 2.19 bits per heavy atom. The Kier molecular flexibility index (Phi) is 4.26. The molecule has 1 aliphatic rings. The van der Waals surface area contributed by atoms with Crippen molar-refractivity contribution in [1.82, 2.24) is 19.7 Å². The van der Waals surface area contributed by atoms with Gasteiger partial charge in [0.1, 0.15) is 11.4 Å². The molecule has 10 heteroatoms. The zero-order valence-corrected chi connectivity index (χ0v) is 14.5. The van der Waals surface area contributed by atoms with Crippen LogP contribution in [0.3, 0.4) is 0 Å². The van der Waals surface area contributed by atoms with Gasteiger partial charge in [0, 0.05) is 18.9 Å². The molecule has 2 aromatic rings. The molecule has 0 aliphatic heterocycles. The normalized spacial score (nSPS) is 22.0. The van der Waals surface area contributed by atoms with Crippen molar-refractivity contribution in [3.8, 4) is 6.07 Å². The molecule has 1 saturated carbocycles. The number of nitrogens with zero attached hydrogens (tertiary/aromatic N) is 5. The van der Waals surface area contributed by atoms with E-state index in [4.69, 9.17) is 5.26 Å². The number of aromatic nitrogens is 4. The average molecular weight is 365 g/mol. The molecule has 2 N–H and O–H groups in total. The van der Waals surface area contributed by atoms with Crippen LogP contribution in [-0.4, -0.2) is 26.3 Å². The van der Waals surface area contributed by atoms with Crippen molar-refractivity contribution in [3.63, 3.8) is 0 Å². The number of hydrogen-bond donors (Lipinski definition) is 2. The molecule has 7 nitrogen and oxygen atoms in total. The van der Waals surface area contributed by atoms with Gasteiger partial charge in [-0.2, -0.15) is 28.5 Å². The predicted octanol–water partition coefficient (Wildman–Crippen LogP) is 3.65. The Morgan fingerprint density at radius 3 is 2.77 bits per heavy atom. The largest absolute Gasteiger partial charge is 0.421 e.